The first kappa shape index (κ1) is 13.0. The van der Waals surface area contributed by atoms with Crippen molar-refractivity contribution in [3.05, 3.63) is 29.8 Å². The lowest BCUT2D eigenvalue weighted by molar-refractivity contribution is 0.101. The van der Waals surface area contributed by atoms with Gasteiger partial charge in [0, 0.05) is 25.7 Å². The average Bonchev–Trinajstić information content (AvgIpc) is 2.33. The van der Waals surface area contributed by atoms with Crippen LogP contribution in [-0.2, 0) is 10.2 Å². The van der Waals surface area contributed by atoms with E-state index in [0.717, 1.165) is 6.42 Å². The predicted molar refractivity (Wildman–Crippen MR) is 70.0 cm³/mol. The molecule has 98 valence electrons. The van der Waals surface area contributed by atoms with Gasteiger partial charge in [-0.05, 0) is 37.6 Å². The molecule has 1 saturated heterocycles. The Morgan fingerprint density at radius 1 is 1.17 bits per heavy atom. The molecule has 1 aliphatic heterocycles. The largest absolute Gasteiger partial charge is 0.303 e. The molecule has 0 saturated carbocycles. The van der Waals surface area contributed by atoms with E-state index in [0.29, 0.717) is 24.3 Å². The maximum atomic E-state index is 12.1. The van der Waals surface area contributed by atoms with Gasteiger partial charge in [0.2, 0.25) is 0 Å². The quantitative estimate of drug-likeness (QED) is 0.759. The molecule has 1 aliphatic rings. The van der Waals surface area contributed by atoms with E-state index < -0.39 is 10.2 Å². The molecular formula is C12H16N2O3S. The van der Waals surface area contributed by atoms with Crippen LogP contribution in [0.5, 0.6) is 0 Å². The maximum absolute atomic E-state index is 12.1. The maximum Gasteiger partial charge on any atom is 0.303 e. The normalized spacial score (nSPS) is 19.8. The third kappa shape index (κ3) is 2.26. The molecule has 2 rings (SSSR count). The summed E-state index contributed by atoms with van der Waals surface area (Å²) in [6.07, 6.45) is 0.796. The number of carbonyl (C=O) groups is 1. The highest BCUT2D eigenvalue weighted by molar-refractivity contribution is 7.90. The highest BCUT2D eigenvalue weighted by atomic mass is 32.2. The molecule has 0 aliphatic carbocycles. The van der Waals surface area contributed by atoms with Gasteiger partial charge in [0.25, 0.3) is 0 Å². The fraction of sp³-hybridized carbons (Fsp3) is 0.417. The molecule has 1 aromatic rings. The summed E-state index contributed by atoms with van der Waals surface area (Å²) in [4.78, 5) is 11.2. The number of nitrogens with zero attached hydrogens (tertiary/aromatic N) is 2. The van der Waals surface area contributed by atoms with Gasteiger partial charge in [-0.15, -0.1) is 0 Å². The first-order valence-electron chi connectivity index (χ1n) is 5.78. The zero-order valence-corrected chi connectivity index (χ0v) is 11.3. The molecule has 0 atom stereocenters. The van der Waals surface area contributed by atoms with Crippen LogP contribution in [-0.4, -0.2) is 38.6 Å². The predicted octanol–water partition coefficient (Wildman–Crippen LogP) is 1.28. The van der Waals surface area contributed by atoms with Crippen LogP contribution < -0.4 is 4.31 Å². The van der Waals surface area contributed by atoms with E-state index in [-0.39, 0.29) is 5.78 Å². The standard InChI is InChI=1S/C12H16N2O3S/c1-10(15)11-4-6-12(7-5-11)14-9-3-8-13(2)18(14,16)17/h4-7H,3,8-9H2,1-2H3. The monoisotopic (exact) mass is 268 g/mol. The Morgan fingerprint density at radius 3 is 2.33 bits per heavy atom. The molecular weight excluding hydrogens is 252 g/mol. The van der Waals surface area contributed by atoms with Crippen LogP contribution in [0.4, 0.5) is 5.69 Å². The molecule has 0 N–H and O–H groups in total. The van der Waals surface area contributed by atoms with E-state index in [4.69, 9.17) is 0 Å². The van der Waals surface area contributed by atoms with Crippen molar-refractivity contribution in [3.63, 3.8) is 0 Å². The van der Waals surface area contributed by atoms with Crippen molar-refractivity contribution in [1.29, 1.82) is 0 Å². The van der Waals surface area contributed by atoms with Crippen LogP contribution in [0, 0.1) is 0 Å². The van der Waals surface area contributed by atoms with Crippen LogP contribution >= 0.6 is 0 Å². The van der Waals surface area contributed by atoms with Gasteiger partial charge in [-0.2, -0.15) is 12.7 Å². The highest BCUT2D eigenvalue weighted by Crippen LogP contribution is 2.24. The SMILES string of the molecule is CC(=O)c1ccc(N2CCCN(C)S2(=O)=O)cc1. The first-order valence-corrected chi connectivity index (χ1v) is 7.17. The van der Waals surface area contributed by atoms with E-state index in [1.807, 2.05) is 0 Å². The Morgan fingerprint density at radius 2 is 1.78 bits per heavy atom. The zero-order valence-electron chi connectivity index (χ0n) is 10.5. The van der Waals surface area contributed by atoms with E-state index in [9.17, 15) is 13.2 Å². The molecule has 0 bridgehead atoms. The summed E-state index contributed by atoms with van der Waals surface area (Å²) in [5.74, 6) is -0.0276. The molecule has 1 fully saturated rings. The summed E-state index contributed by atoms with van der Waals surface area (Å²) >= 11 is 0. The van der Waals surface area contributed by atoms with Crippen molar-refractivity contribution >= 4 is 21.7 Å². The number of rotatable bonds is 2. The molecule has 0 unspecified atom stereocenters. The topological polar surface area (TPSA) is 57.7 Å². The third-order valence-electron chi connectivity index (χ3n) is 3.07. The number of hydrogen-bond acceptors (Lipinski definition) is 3. The molecule has 0 amide bonds. The Balaban J connectivity index is 2.33. The molecule has 0 radical (unpaired) electrons. The molecule has 1 heterocycles. The summed E-state index contributed by atoms with van der Waals surface area (Å²) in [5, 5.41) is 0. The van der Waals surface area contributed by atoms with Gasteiger partial charge in [-0.3, -0.25) is 9.10 Å². The lowest BCUT2D eigenvalue weighted by atomic mass is 10.1. The Kier molecular flexibility index (Phi) is 3.41. The number of ketones is 1. The molecule has 5 nitrogen and oxygen atoms in total. The van der Waals surface area contributed by atoms with Crippen molar-refractivity contribution in [2.75, 3.05) is 24.4 Å². The smallest absolute Gasteiger partial charge is 0.295 e. The van der Waals surface area contributed by atoms with Crippen molar-refractivity contribution in [3.8, 4) is 0 Å². The third-order valence-corrected chi connectivity index (χ3v) is 4.99. The van der Waals surface area contributed by atoms with Crippen molar-refractivity contribution < 1.29 is 13.2 Å². The number of hydrogen-bond donors (Lipinski definition) is 0. The van der Waals surface area contributed by atoms with E-state index in [2.05, 4.69) is 0 Å². The number of carbonyl (C=O) groups excluding carboxylic acids is 1. The second-order valence-corrected chi connectivity index (χ2v) is 6.32. The second-order valence-electron chi connectivity index (χ2n) is 4.36. The molecule has 0 spiro atoms. The van der Waals surface area contributed by atoms with E-state index in [1.54, 1.807) is 31.3 Å². The summed E-state index contributed by atoms with van der Waals surface area (Å²) in [5.41, 5.74) is 1.19. The van der Waals surface area contributed by atoms with Crippen LogP contribution in [0.25, 0.3) is 0 Å². The zero-order chi connectivity index (χ0) is 13.3. The Labute approximate surface area is 107 Å². The summed E-state index contributed by atoms with van der Waals surface area (Å²) < 4.78 is 27.0. The fourth-order valence-corrected chi connectivity index (χ4v) is 3.40. The molecule has 6 heteroatoms. The van der Waals surface area contributed by atoms with Gasteiger partial charge < -0.3 is 0 Å². The van der Waals surface area contributed by atoms with Gasteiger partial charge in [-0.25, -0.2) is 0 Å². The number of anilines is 1. The minimum absolute atomic E-state index is 0.0276. The summed E-state index contributed by atoms with van der Waals surface area (Å²) in [7, 11) is -1.83. The van der Waals surface area contributed by atoms with Crippen molar-refractivity contribution in [2.24, 2.45) is 0 Å². The Bertz CT molecular complexity index is 551. The van der Waals surface area contributed by atoms with Gasteiger partial charge in [0.15, 0.2) is 5.78 Å². The lowest BCUT2D eigenvalue weighted by Crippen LogP contribution is -2.47. The van der Waals surface area contributed by atoms with Gasteiger partial charge >= 0.3 is 10.2 Å². The summed E-state index contributed by atoms with van der Waals surface area (Å²) in [6.45, 7) is 2.51. The number of Topliss-reactive ketones (excluding diaryl/α,β-unsaturated/α-hetero) is 1. The molecule has 0 aromatic heterocycles. The summed E-state index contributed by atoms with van der Waals surface area (Å²) in [6, 6.07) is 6.66. The van der Waals surface area contributed by atoms with Crippen molar-refractivity contribution in [1.82, 2.24) is 4.31 Å². The average molecular weight is 268 g/mol. The lowest BCUT2D eigenvalue weighted by Gasteiger charge is -2.33. The number of benzene rings is 1. The highest BCUT2D eigenvalue weighted by Gasteiger charge is 2.30. The van der Waals surface area contributed by atoms with E-state index in [1.165, 1.54) is 15.5 Å². The van der Waals surface area contributed by atoms with Crippen LogP contribution in [0.3, 0.4) is 0 Å². The fourth-order valence-electron chi connectivity index (χ4n) is 1.96. The van der Waals surface area contributed by atoms with E-state index >= 15 is 0 Å². The van der Waals surface area contributed by atoms with Crippen molar-refractivity contribution in [2.45, 2.75) is 13.3 Å². The van der Waals surface area contributed by atoms with Crippen LogP contribution in [0.15, 0.2) is 24.3 Å². The molecule has 1 aromatic carbocycles. The second kappa shape index (κ2) is 4.70. The Hall–Kier alpha value is -1.40. The first-order chi connectivity index (χ1) is 8.43. The van der Waals surface area contributed by atoms with Gasteiger partial charge in [0.1, 0.15) is 0 Å². The van der Waals surface area contributed by atoms with Gasteiger partial charge in [-0.1, -0.05) is 0 Å². The molecule has 18 heavy (non-hydrogen) atoms. The minimum atomic E-state index is -3.41. The van der Waals surface area contributed by atoms with Crippen LogP contribution in [0.1, 0.15) is 23.7 Å². The van der Waals surface area contributed by atoms with Crippen LogP contribution in [0.2, 0.25) is 0 Å². The van der Waals surface area contributed by atoms with Gasteiger partial charge in [0.05, 0.1) is 5.69 Å². The minimum Gasteiger partial charge on any atom is -0.295 e.